The van der Waals surface area contributed by atoms with Crippen LogP contribution in [0.4, 0.5) is 4.39 Å². The van der Waals surface area contributed by atoms with Crippen molar-refractivity contribution in [3.05, 3.63) is 60.2 Å². The van der Waals surface area contributed by atoms with Crippen molar-refractivity contribution in [3.8, 4) is 5.75 Å². The van der Waals surface area contributed by atoms with Gasteiger partial charge in [0.25, 0.3) is 5.91 Å². The van der Waals surface area contributed by atoms with Crippen LogP contribution in [0.3, 0.4) is 0 Å². The lowest BCUT2D eigenvalue weighted by Crippen LogP contribution is -2.32. The predicted molar refractivity (Wildman–Crippen MR) is 87.2 cm³/mol. The highest BCUT2D eigenvalue weighted by Crippen LogP contribution is 2.40. The Bertz CT molecular complexity index is 737. The summed E-state index contributed by atoms with van der Waals surface area (Å²) in [7, 11) is 0. The summed E-state index contributed by atoms with van der Waals surface area (Å²) in [5.41, 5.74) is 0.155. The van der Waals surface area contributed by atoms with E-state index >= 15 is 0 Å². The first-order valence-electron chi connectivity index (χ1n) is 8.33. The van der Waals surface area contributed by atoms with Crippen molar-refractivity contribution < 1.29 is 13.9 Å². The SMILES string of the molecule is O=C(c1ccccc1F)N1C[C@H]2CC[C@@H](Oc3cccnc3)[C@H]2C1. The number of aromatic nitrogens is 1. The van der Waals surface area contributed by atoms with Gasteiger partial charge in [0.15, 0.2) is 0 Å². The molecule has 2 aliphatic rings. The van der Waals surface area contributed by atoms with E-state index in [0.717, 1.165) is 18.6 Å². The van der Waals surface area contributed by atoms with Crippen molar-refractivity contribution >= 4 is 5.91 Å². The largest absolute Gasteiger partial charge is 0.488 e. The number of ether oxygens (including phenoxy) is 1. The van der Waals surface area contributed by atoms with Crippen LogP contribution in [-0.2, 0) is 0 Å². The Labute approximate surface area is 140 Å². The maximum absolute atomic E-state index is 13.9. The second-order valence-electron chi connectivity index (χ2n) is 6.54. The third-order valence-electron chi connectivity index (χ3n) is 5.10. The molecule has 2 heterocycles. The van der Waals surface area contributed by atoms with E-state index in [2.05, 4.69) is 4.98 Å². The molecular weight excluding hydrogens is 307 g/mol. The zero-order valence-corrected chi connectivity index (χ0v) is 13.3. The number of nitrogens with zero attached hydrogens (tertiary/aromatic N) is 2. The van der Waals surface area contributed by atoms with Gasteiger partial charge in [0.05, 0.1) is 11.8 Å². The summed E-state index contributed by atoms with van der Waals surface area (Å²) in [5, 5.41) is 0. The number of likely N-dealkylation sites (tertiary alicyclic amines) is 1. The lowest BCUT2D eigenvalue weighted by atomic mass is 9.99. The lowest BCUT2D eigenvalue weighted by molar-refractivity contribution is 0.0758. The quantitative estimate of drug-likeness (QED) is 0.870. The molecule has 1 saturated heterocycles. The Morgan fingerprint density at radius 1 is 1.17 bits per heavy atom. The molecule has 4 nitrogen and oxygen atoms in total. The Kier molecular flexibility index (Phi) is 3.92. The van der Waals surface area contributed by atoms with Gasteiger partial charge in [-0.3, -0.25) is 9.78 Å². The van der Waals surface area contributed by atoms with E-state index in [0.29, 0.717) is 24.9 Å². The maximum atomic E-state index is 13.9. The van der Waals surface area contributed by atoms with Gasteiger partial charge in [0.1, 0.15) is 17.7 Å². The van der Waals surface area contributed by atoms with Crippen LogP contribution in [0.25, 0.3) is 0 Å². The van der Waals surface area contributed by atoms with Crippen molar-refractivity contribution in [3.63, 3.8) is 0 Å². The van der Waals surface area contributed by atoms with Gasteiger partial charge < -0.3 is 9.64 Å². The van der Waals surface area contributed by atoms with Crippen molar-refractivity contribution in [1.82, 2.24) is 9.88 Å². The Morgan fingerprint density at radius 3 is 2.83 bits per heavy atom. The van der Waals surface area contributed by atoms with Crippen LogP contribution < -0.4 is 4.74 Å². The molecule has 1 amide bonds. The molecule has 1 aliphatic carbocycles. The summed E-state index contributed by atoms with van der Waals surface area (Å²) >= 11 is 0. The molecular formula is C19H19FN2O2. The van der Waals surface area contributed by atoms with Gasteiger partial charge in [-0.25, -0.2) is 4.39 Å². The topological polar surface area (TPSA) is 42.4 Å². The van der Waals surface area contributed by atoms with Gasteiger partial charge in [0.2, 0.25) is 0 Å². The summed E-state index contributed by atoms with van der Waals surface area (Å²) in [6, 6.07) is 9.93. The fourth-order valence-electron chi connectivity index (χ4n) is 3.92. The van der Waals surface area contributed by atoms with Crippen LogP contribution in [0.15, 0.2) is 48.8 Å². The minimum atomic E-state index is -0.456. The number of pyridine rings is 1. The highest BCUT2D eigenvalue weighted by atomic mass is 19.1. The number of fused-ring (bicyclic) bond motifs is 1. The summed E-state index contributed by atoms with van der Waals surface area (Å²) in [5.74, 6) is 0.829. The number of benzene rings is 1. The summed E-state index contributed by atoms with van der Waals surface area (Å²) in [6.45, 7) is 1.31. The average molecular weight is 326 g/mol. The van der Waals surface area contributed by atoms with Gasteiger partial charge in [-0.05, 0) is 43.0 Å². The number of hydrogen-bond acceptors (Lipinski definition) is 3. The molecule has 3 atom stereocenters. The zero-order valence-electron chi connectivity index (χ0n) is 13.3. The second kappa shape index (κ2) is 6.23. The number of amides is 1. The molecule has 1 aromatic carbocycles. The minimum absolute atomic E-state index is 0.0950. The van der Waals surface area contributed by atoms with Gasteiger partial charge in [0, 0.05) is 25.2 Å². The number of halogens is 1. The second-order valence-corrected chi connectivity index (χ2v) is 6.54. The fourth-order valence-corrected chi connectivity index (χ4v) is 3.92. The molecule has 0 N–H and O–H groups in total. The first-order valence-corrected chi connectivity index (χ1v) is 8.33. The van der Waals surface area contributed by atoms with Gasteiger partial charge in [-0.15, -0.1) is 0 Å². The highest BCUT2D eigenvalue weighted by Gasteiger charge is 2.45. The number of carbonyl (C=O) groups is 1. The molecule has 24 heavy (non-hydrogen) atoms. The molecule has 5 heteroatoms. The Morgan fingerprint density at radius 2 is 2.04 bits per heavy atom. The van der Waals surface area contributed by atoms with Crippen LogP contribution in [-0.4, -0.2) is 35.0 Å². The van der Waals surface area contributed by atoms with Crippen molar-refractivity contribution in [2.24, 2.45) is 11.8 Å². The molecule has 2 fully saturated rings. The van der Waals surface area contributed by atoms with E-state index in [-0.39, 0.29) is 17.6 Å². The maximum Gasteiger partial charge on any atom is 0.256 e. The van der Waals surface area contributed by atoms with Crippen LogP contribution in [0.2, 0.25) is 0 Å². The van der Waals surface area contributed by atoms with Crippen molar-refractivity contribution in [2.45, 2.75) is 18.9 Å². The number of rotatable bonds is 3. The third-order valence-corrected chi connectivity index (χ3v) is 5.10. The summed E-state index contributed by atoms with van der Waals surface area (Å²) in [6.07, 6.45) is 5.56. The van der Waals surface area contributed by atoms with Crippen LogP contribution in [0.1, 0.15) is 23.2 Å². The van der Waals surface area contributed by atoms with Gasteiger partial charge >= 0.3 is 0 Å². The summed E-state index contributed by atoms with van der Waals surface area (Å²) in [4.78, 5) is 18.4. The van der Waals surface area contributed by atoms with E-state index in [9.17, 15) is 9.18 Å². The molecule has 0 radical (unpaired) electrons. The van der Waals surface area contributed by atoms with Gasteiger partial charge in [-0.2, -0.15) is 0 Å². The van der Waals surface area contributed by atoms with E-state index in [1.165, 1.54) is 6.07 Å². The standard InChI is InChI=1S/C19H19FN2O2/c20-17-6-2-1-5-15(17)19(23)22-11-13-7-8-18(16(13)12-22)24-14-4-3-9-21-10-14/h1-6,9-10,13,16,18H,7-8,11-12H2/t13-,16+,18-/m1/s1. The first kappa shape index (κ1) is 15.1. The molecule has 2 aromatic rings. The molecule has 0 spiro atoms. The van der Waals surface area contributed by atoms with Crippen molar-refractivity contribution in [1.29, 1.82) is 0 Å². The third kappa shape index (κ3) is 2.75. The molecule has 1 saturated carbocycles. The van der Waals surface area contributed by atoms with Crippen LogP contribution >= 0.6 is 0 Å². The normalized spacial score (nSPS) is 25.5. The molecule has 0 bridgehead atoms. The number of carbonyl (C=O) groups excluding carboxylic acids is 1. The van der Waals surface area contributed by atoms with E-state index in [4.69, 9.17) is 4.74 Å². The predicted octanol–water partition coefficient (Wildman–Crippen LogP) is 3.15. The molecule has 1 aliphatic heterocycles. The minimum Gasteiger partial charge on any atom is -0.488 e. The zero-order chi connectivity index (χ0) is 16.5. The summed E-state index contributed by atoms with van der Waals surface area (Å²) < 4.78 is 19.9. The first-order chi connectivity index (χ1) is 11.7. The fraction of sp³-hybridized carbons (Fsp3) is 0.368. The van der Waals surface area contributed by atoms with Crippen molar-refractivity contribution in [2.75, 3.05) is 13.1 Å². The lowest BCUT2D eigenvalue weighted by Gasteiger charge is -2.22. The molecule has 4 rings (SSSR count). The molecule has 1 aromatic heterocycles. The van der Waals surface area contributed by atoms with E-state index < -0.39 is 5.82 Å². The smallest absolute Gasteiger partial charge is 0.256 e. The molecule has 124 valence electrons. The average Bonchev–Trinajstić information content (AvgIpc) is 3.18. The van der Waals surface area contributed by atoms with E-state index in [1.807, 2.05) is 12.1 Å². The van der Waals surface area contributed by atoms with Crippen LogP contribution in [0, 0.1) is 17.7 Å². The molecule has 0 unspecified atom stereocenters. The van der Waals surface area contributed by atoms with Crippen LogP contribution in [0.5, 0.6) is 5.75 Å². The monoisotopic (exact) mass is 326 g/mol. The Balaban J connectivity index is 1.46. The Hall–Kier alpha value is -2.43. The highest BCUT2D eigenvalue weighted by molar-refractivity contribution is 5.94. The number of hydrogen-bond donors (Lipinski definition) is 0. The van der Waals surface area contributed by atoms with E-state index in [1.54, 1.807) is 35.5 Å². The van der Waals surface area contributed by atoms with Gasteiger partial charge in [-0.1, -0.05) is 12.1 Å².